The Bertz CT molecular complexity index is 800. The van der Waals surface area contributed by atoms with Crippen LogP contribution in [0.2, 0.25) is 0 Å². The second kappa shape index (κ2) is 8.86. The third-order valence-electron chi connectivity index (χ3n) is 5.77. The van der Waals surface area contributed by atoms with Gasteiger partial charge in [0.2, 0.25) is 5.91 Å². The van der Waals surface area contributed by atoms with Gasteiger partial charge in [0.05, 0.1) is 12.2 Å². The van der Waals surface area contributed by atoms with Crippen molar-refractivity contribution in [3.05, 3.63) is 28.6 Å². The normalized spacial score (nSPS) is 15.6. The number of aromatic amines is 1. The van der Waals surface area contributed by atoms with Crippen LogP contribution in [0.15, 0.2) is 0 Å². The molecule has 8 nitrogen and oxygen atoms in total. The summed E-state index contributed by atoms with van der Waals surface area (Å²) in [6, 6.07) is 0. The second-order valence-electron chi connectivity index (χ2n) is 8.03. The highest BCUT2D eigenvalue weighted by Gasteiger charge is 2.28. The third-order valence-corrected chi connectivity index (χ3v) is 5.77. The summed E-state index contributed by atoms with van der Waals surface area (Å²) >= 11 is 0. The van der Waals surface area contributed by atoms with Gasteiger partial charge in [0, 0.05) is 44.1 Å². The van der Waals surface area contributed by atoms with E-state index < -0.39 is 0 Å². The van der Waals surface area contributed by atoms with E-state index in [4.69, 9.17) is 0 Å². The lowest BCUT2D eigenvalue weighted by atomic mass is 9.95. The van der Waals surface area contributed by atoms with E-state index in [1.54, 1.807) is 0 Å². The van der Waals surface area contributed by atoms with Gasteiger partial charge in [-0.3, -0.25) is 9.89 Å². The molecule has 2 aromatic rings. The second-order valence-corrected chi connectivity index (χ2v) is 8.03. The number of aromatic nitrogens is 5. The molecule has 3 heterocycles. The molecule has 8 heteroatoms. The van der Waals surface area contributed by atoms with Crippen LogP contribution in [0, 0.1) is 13.8 Å². The van der Waals surface area contributed by atoms with E-state index in [0.29, 0.717) is 18.8 Å². The van der Waals surface area contributed by atoms with Gasteiger partial charge in [-0.2, -0.15) is 5.10 Å². The maximum Gasteiger partial charge on any atom is 0.222 e. The van der Waals surface area contributed by atoms with E-state index in [1.165, 1.54) is 5.56 Å². The molecule has 1 N–H and O–H groups in total. The van der Waals surface area contributed by atoms with Crippen molar-refractivity contribution in [3.8, 4) is 0 Å². The molecule has 1 fully saturated rings. The Labute approximate surface area is 167 Å². The summed E-state index contributed by atoms with van der Waals surface area (Å²) in [6.07, 6.45) is 3.12. The Morgan fingerprint density at radius 1 is 1.21 bits per heavy atom. The molecule has 3 rings (SSSR count). The van der Waals surface area contributed by atoms with Crippen molar-refractivity contribution in [1.29, 1.82) is 0 Å². The minimum absolute atomic E-state index is 0.226. The number of rotatable bonds is 7. The molecule has 0 atom stereocenters. The van der Waals surface area contributed by atoms with Crippen LogP contribution in [-0.2, 0) is 24.3 Å². The first-order valence-corrected chi connectivity index (χ1v) is 10.3. The summed E-state index contributed by atoms with van der Waals surface area (Å²) in [4.78, 5) is 16.7. The van der Waals surface area contributed by atoms with Crippen molar-refractivity contribution >= 4 is 5.91 Å². The summed E-state index contributed by atoms with van der Waals surface area (Å²) in [6.45, 7) is 9.47. The van der Waals surface area contributed by atoms with Gasteiger partial charge in [-0.05, 0) is 53.3 Å². The number of carbonyl (C=O) groups excluding carboxylic acids is 1. The Morgan fingerprint density at radius 3 is 2.50 bits per heavy atom. The van der Waals surface area contributed by atoms with Crippen LogP contribution >= 0.6 is 0 Å². The first-order valence-electron chi connectivity index (χ1n) is 10.3. The fraction of sp³-hybridized carbons (Fsp3) is 0.700. The zero-order chi connectivity index (χ0) is 20.3. The molecule has 1 saturated heterocycles. The number of nitrogens with one attached hydrogen (secondary N) is 1. The molecule has 0 unspecified atom stereocenters. The van der Waals surface area contributed by atoms with Crippen LogP contribution in [0.1, 0.15) is 60.7 Å². The number of piperidine rings is 1. The van der Waals surface area contributed by atoms with Crippen molar-refractivity contribution in [2.45, 2.75) is 65.5 Å². The minimum atomic E-state index is 0.226. The number of H-pyrrole nitrogens is 1. The quantitative estimate of drug-likeness (QED) is 0.786. The molecule has 0 aliphatic carbocycles. The predicted molar refractivity (Wildman–Crippen MR) is 108 cm³/mol. The average molecular weight is 388 g/mol. The number of likely N-dealkylation sites (tertiary alicyclic amines) is 1. The van der Waals surface area contributed by atoms with E-state index >= 15 is 0 Å². The van der Waals surface area contributed by atoms with Crippen molar-refractivity contribution < 1.29 is 4.79 Å². The van der Waals surface area contributed by atoms with E-state index in [1.807, 2.05) is 25.9 Å². The topological polar surface area (TPSA) is 82.9 Å². The maximum atomic E-state index is 12.6. The monoisotopic (exact) mass is 387 g/mol. The van der Waals surface area contributed by atoms with Crippen LogP contribution < -0.4 is 0 Å². The summed E-state index contributed by atoms with van der Waals surface area (Å²) < 4.78 is 2.24. The lowest BCUT2D eigenvalue weighted by molar-refractivity contribution is -0.132. The zero-order valence-corrected chi connectivity index (χ0v) is 17.8. The SMILES string of the molecule is CCn1c(CN(C)C)nnc1C1CCN(C(=O)CCc2n[nH]c(C)c2C)CC1. The molecule has 0 aromatic carbocycles. The lowest BCUT2D eigenvalue weighted by Crippen LogP contribution is -2.38. The third kappa shape index (κ3) is 4.43. The molecule has 28 heavy (non-hydrogen) atoms. The molecule has 1 aliphatic heterocycles. The average Bonchev–Trinajstić information content (AvgIpc) is 3.22. The maximum absolute atomic E-state index is 12.6. The first kappa shape index (κ1) is 20.5. The Kier molecular flexibility index (Phi) is 6.49. The Hall–Kier alpha value is -2.22. The van der Waals surface area contributed by atoms with Gasteiger partial charge in [0.25, 0.3) is 0 Å². The van der Waals surface area contributed by atoms with Gasteiger partial charge in [-0.1, -0.05) is 0 Å². The van der Waals surface area contributed by atoms with Crippen molar-refractivity contribution in [1.82, 2.24) is 34.8 Å². The van der Waals surface area contributed by atoms with Crippen molar-refractivity contribution in [2.24, 2.45) is 0 Å². The molecular formula is C20H33N7O. The van der Waals surface area contributed by atoms with Crippen molar-refractivity contribution in [2.75, 3.05) is 27.2 Å². The van der Waals surface area contributed by atoms with Gasteiger partial charge < -0.3 is 14.4 Å². The smallest absolute Gasteiger partial charge is 0.222 e. The molecule has 1 amide bonds. The van der Waals surface area contributed by atoms with Crippen LogP contribution in [-0.4, -0.2) is 67.9 Å². The molecule has 154 valence electrons. The summed E-state index contributed by atoms with van der Waals surface area (Å²) in [7, 11) is 4.09. The van der Waals surface area contributed by atoms with Crippen LogP contribution in [0.3, 0.4) is 0 Å². The van der Waals surface area contributed by atoms with Crippen molar-refractivity contribution in [3.63, 3.8) is 0 Å². The number of carbonyl (C=O) groups is 1. The fourth-order valence-electron chi connectivity index (χ4n) is 3.94. The number of hydrogen-bond donors (Lipinski definition) is 1. The number of hydrogen-bond acceptors (Lipinski definition) is 5. The van der Waals surface area contributed by atoms with Gasteiger partial charge in [0.1, 0.15) is 11.6 Å². The predicted octanol–water partition coefficient (Wildman–Crippen LogP) is 2.04. The highest BCUT2D eigenvalue weighted by atomic mass is 16.2. The molecule has 1 aliphatic rings. The molecule has 2 aromatic heterocycles. The molecule has 0 bridgehead atoms. The van der Waals surface area contributed by atoms with Crippen LogP contribution in [0.4, 0.5) is 0 Å². The van der Waals surface area contributed by atoms with Gasteiger partial charge in [-0.15, -0.1) is 10.2 Å². The number of nitrogens with zero attached hydrogens (tertiary/aromatic N) is 6. The Balaban J connectivity index is 1.55. The number of amides is 1. The number of aryl methyl sites for hydroxylation is 2. The zero-order valence-electron chi connectivity index (χ0n) is 17.8. The lowest BCUT2D eigenvalue weighted by Gasteiger charge is -2.31. The van der Waals surface area contributed by atoms with Gasteiger partial charge in [0.15, 0.2) is 0 Å². The largest absolute Gasteiger partial charge is 0.343 e. The van der Waals surface area contributed by atoms with Gasteiger partial charge in [-0.25, -0.2) is 0 Å². The Morgan fingerprint density at radius 2 is 1.93 bits per heavy atom. The molecule has 0 saturated carbocycles. The summed E-state index contributed by atoms with van der Waals surface area (Å²) in [5, 5.41) is 16.2. The molecular weight excluding hydrogens is 354 g/mol. The summed E-state index contributed by atoms with van der Waals surface area (Å²) in [5.41, 5.74) is 3.25. The van der Waals surface area contributed by atoms with E-state index in [2.05, 4.69) is 43.7 Å². The van der Waals surface area contributed by atoms with E-state index in [9.17, 15) is 4.79 Å². The standard InChI is InChI=1S/C20H33N7O/c1-6-27-18(13-25(4)5)23-24-20(27)16-9-11-26(12-10-16)19(28)8-7-17-14(2)15(3)21-22-17/h16H,6-13H2,1-5H3,(H,21,22). The first-order chi connectivity index (χ1) is 13.4. The minimum Gasteiger partial charge on any atom is -0.343 e. The highest BCUT2D eigenvalue weighted by molar-refractivity contribution is 5.76. The van der Waals surface area contributed by atoms with Crippen LogP contribution in [0.25, 0.3) is 0 Å². The highest BCUT2D eigenvalue weighted by Crippen LogP contribution is 2.28. The van der Waals surface area contributed by atoms with Gasteiger partial charge >= 0.3 is 0 Å². The van der Waals surface area contributed by atoms with E-state index in [-0.39, 0.29) is 5.91 Å². The van der Waals surface area contributed by atoms with E-state index in [0.717, 1.165) is 62.1 Å². The molecule has 0 spiro atoms. The van der Waals surface area contributed by atoms with Crippen LogP contribution in [0.5, 0.6) is 0 Å². The fourth-order valence-corrected chi connectivity index (χ4v) is 3.94. The molecule has 0 radical (unpaired) electrons. The summed E-state index contributed by atoms with van der Waals surface area (Å²) in [5.74, 6) is 2.70.